The topological polar surface area (TPSA) is 32.3 Å². The number of alkyl halides is 3. The summed E-state index contributed by atoms with van der Waals surface area (Å²) in [7, 11) is 0. The second kappa shape index (κ2) is 5.40. The van der Waals surface area contributed by atoms with E-state index in [9.17, 15) is 18.3 Å². The summed E-state index contributed by atoms with van der Waals surface area (Å²) in [5.41, 5.74) is -1.98. The molecule has 6 heteroatoms. The highest BCUT2D eigenvalue weighted by atomic mass is 32.2. The molecule has 18 heavy (non-hydrogen) atoms. The van der Waals surface area contributed by atoms with Gasteiger partial charge in [-0.1, -0.05) is 6.07 Å². The Balaban J connectivity index is 1.83. The molecule has 1 aliphatic carbocycles. The Bertz CT molecular complexity index is 422. The van der Waals surface area contributed by atoms with Crippen LogP contribution in [0, 0.1) is 0 Å². The van der Waals surface area contributed by atoms with Gasteiger partial charge in [0.1, 0.15) is 5.75 Å². The van der Waals surface area contributed by atoms with Gasteiger partial charge in [0.05, 0.1) is 0 Å². The molecule has 0 aromatic heterocycles. The van der Waals surface area contributed by atoms with Crippen LogP contribution in [0.3, 0.4) is 0 Å². The molecular weight excluding hydrogens is 263 g/mol. The molecule has 0 saturated heterocycles. The van der Waals surface area contributed by atoms with Crippen molar-refractivity contribution in [3.63, 3.8) is 0 Å². The first-order valence-electron chi connectivity index (χ1n) is 5.71. The molecule has 2 N–H and O–H groups in total. The number of aromatic hydroxyl groups is 1. The number of fused-ring (bicyclic) bond motifs is 1. The third-order valence-electron chi connectivity index (χ3n) is 2.96. The molecule has 0 saturated carbocycles. The van der Waals surface area contributed by atoms with Gasteiger partial charge in [-0.2, -0.15) is 13.2 Å². The van der Waals surface area contributed by atoms with Gasteiger partial charge in [0.25, 0.3) is 0 Å². The fraction of sp³-hybridized carbons (Fsp3) is 0.500. The van der Waals surface area contributed by atoms with E-state index in [2.05, 4.69) is 5.32 Å². The van der Waals surface area contributed by atoms with E-state index >= 15 is 0 Å². The number of nitrogens with one attached hydrogen (secondary N) is 1. The number of rotatable bonds is 4. The van der Waals surface area contributed by atoms with Crippen molar-refractivity contribution in [3.05, 3.63) is 29.3 Å². The molecule has 0 bridgehead atoms. The van der Waals surface area contributed by atoms with Gasteiger partial charge in [0.15, 0.2) is 0 Å². The fourth-order valence-electron chi connectivity index (χ4n) is 2.22. The lowest BCUT2D eigenvalue weighted by Gasteiger charge is -2.14. The summed E-state index contributed by atoms with van der Waals surface area (Å²) in [6.07, 6.45) is 1.73. The molecule has 1 atom stereocenters. The number of thioether (sulfide) groups is 1. The Morgan fingerprint density at radius 1 is 1.39 bits per heavy atom. The predicted molar refractivity (Wildman–Crippen MR) is 65.7 cm³/mol. The van der Waals surface area contributed by atoms with Crippen molar-refractivity contribution in [1.29, 1.82) is 0 Å². The van der Waals surface area contributed by atoms with Crippen LogP contribution in [0.2, 0.25) is 0 Å². The number of benzene rings is 1. The average Bonchev–Trinajstić information content (AvgIpc) is 2.65. The Hall–Kier alpha value is -0.880. The highest BCUT2D eigenvalue weighted by molar-refractivity contribution is 8.00. The minimum Gasteiger partial charge on any atom is -0.508 e. The van der Waals surface area contributed by atoms with Crippen molar-refractivity contribution in [1.82, 2.24) is 5.32 Å². The molecule has 2 rings (SSSR count). The van der Waals surface area contributed by atoms with Crippen LogP contribution in [0.1, 0.15) is 23.6 Å². The third-order valence-corrected chi connectivity index (χ3v) is 3.70. The molecule has 0 heterocycles. The average molecular weight is 277 g/mol. The SMILES string of the molecule is Oc1ccc2c(c1)CCC2NCCSC(F)(F)F. The van der Waals surface area contributed by atoms with Crippen molar-refractivity contribution in [2.24, 2.45) is 0 Å². The molecule has 1 aromatic rings. The smallest absolute Gasteiger partial charge is 0.441 e. The van der Waals surface area contributed by atoms with Crippen LogP contribution in [-0.2, 0) is 6.42 Å². The predicted octanol–water partition coefficient (Wildman–Crippen LogP) is 3.22. The van der Waals surface area contributed by atoms with Crippen molar-refractivity contribution >= 4 is 11.8 Å². The van der Waals surface area contributed by atoms with Crippen molar-refractivity contribution in [2.75, 3.05) is 12.3 Å². The van der Waals surface area contributed by atoms with E-state index in [-0.39, 0.29) is 29.3 Å². The number of hydrogen-bond acceptors (Lipinski definition) is 3. The summed E-state index contributed by atoms with van der Waals surface area (Å²) < 4.78 is 35.8. The largest absolute Gasteiger partial charge is 0.508 e. The lowest BCUT2D eigenvalue weighted by Crippen LogP contribution is -2.22. The van der Waals surface area contributed by atoms with E-state index in [4.69, 9.17) is 0 Å². The standard InChI is InChI=1S/C12H14F3NOS/c13-12(14,15)18-6-5-16-11-4-1-8-7-9(17)2-3-10(8)11/h2-3,7,11,16-17H,1,4-6H2. The second-order valence-electron chi connectivity index (χ2n) is 4.22. The van der Waals surface area contributed by atoms with E-state index in [1.165, 1.54) is 0 Å². The van der Waals surface area contributed by atoms with E-state index in [0.29, 0.717) is 6.54 Å². The number of aryl methyl sites for hydroxylation is 1. The Morgan fingerprint density at radius 2 is 2.17 bits per heavy atom. The molecule has 0 fully saturated rings. The van der Waals surface area contributed by atoms with Crippen LogP contribution in [0.4, 0.5) is 13.2 Å². The molecule has 0 spiro atoms. The molecular formula is C12H14F3NOS. The van der Waals surface area contributed by atoms with E-state index < -0.39 is 5.51 Å². The van der Waals surface area contributed by atoms with Crippen LogP contribution >= 0.6 is 11.8 Å². The van der Waals surface area contributed by atoms with Gasteiger partial charge in [0.2, 0.25) is 0 Å². The Labute approximate surface area is 108 Å². The van der Waals surface area contributed by atoms with Gasteiger partial charge in [-0.3, -0.25) is 0 Å². The first-order chi connectivity index (χ1) is 8.46. The maximum absolute atomic E-state index is 11.9. The van der Waals surface area contributed by atoms with E-state index in [1.807, 2.05) is 6.07 Å². The molecule has 0 radical (unpaired) electrons. The lowest BCUT2D eigenvalue weighted by molar-refractivity contribution is -0.0327. The maximum atomic E-state index is 11.9. The first-order valence-corrected chi connectivity index (χ1v) is 6.70. The molecule has 1 aromatic carbocycles. The van der Waals surface area contributed by atoms with Gasteiger partial charge in [-0.25, -0.2) is 0 Å². The zero-order valence-corrected chi connectivity index (χ0v) is 10.4. The quantitative estimate of drug-likeness (QED) is 0.829. The zero-order chi connectivity index (χ0) is 13.2. The van der Waals surface area contributed by atoms with Gasteiger partial charge in [-0.15, -0.1) is 0 Å². The highest BCUT2D eigenvalue weighted by Gasteiger charge is 2.28. The summed E-state index contributed by atoms with van der Waals surface area (Å²) >= 11 is -0.00181. The molecule has 0 amide bonds. The molecule has 2 nitrogen and oxygen atoms in total. The lowest BCUT2D eigenvalue weighted by atomic mass is 10.1. The van der Waals surface area contributed by atoms with E-state index in [1.54, 1.807) is 12.1 Å². The minimum absolute atomic E-state index is 0.00181. The summed E-state index contributed by atoms with van der Waals surface area (Å²) in [5.74, 6) is 0.259. The second-order valence-corrected chi connectivity index (χ2v) is 5.38. The Kier molecular flexibility index (Phi) is 4.07. The zero-order valence-electron chi connectivity index (χ0n) is 9.63. The normalized spacial score (nSPS) is 18.9. The number of halogens is 3. The van der Waals surface area contributed by atoms with Gasteiger partial charge in [-0.05, 0) is 47.9 Å². The van der Waals surface area contributed by atoms with Gasteiger partial charge in [0, 0.05) is 18.3 Å². The van der Waals surface area contributed by atoms with E-state index in [0.717, 1.165) is 24.0 Å². The van der Waals surface area contributed by atoms with Crippen LogP contribution in [0.5, 0.6) is 5.75 Å². The van der Waals surface area contributed by atoms with Crippen LogP contribution in [0.15, 0.2) is 18.2 Å². The Morgan fingerprint density at radius 3 is 2.89 bits per heavy atom. The van der Waals surface area contributed by atoms with Crippen molar-refractivity contribution in [3.8, 4) is 5.75 Å². The summed E-state index contributed by atoms with van der Waals surface area (Å²) in [5, 5.41) is 12.5. The molecule has 100 valence electrons. The first kappa shape index (κ1) is 13.5. The van der Waals surface area contributed by atoms with Crippen LogP contribution in [0.25, 0.3) is 0 Å². The van der Waals surface area contributed by atoms with Gasteiger partial charge >= 0.3 is 5.51 Å². The summed E-state index contributed by atoms with van der Waals surface area (Å²) in [4.78, 5) is 0. The summed E-state index contributed by atoms with van der Waals surface area (Å²) in [6.45, 7) is 0.329. The number of phenols is 1. The fourth-order valence-corrected chi connectivity index (χ4v) is 2.67. The molecule has 1 aliphatic rings. The van der Waals surface area contributed by atoms with Gasteiger partial charge < -0.3 is 10.4 Å². The highest BCUT2D eigenvalue weighted by Crippen LogP contribution is 2.33. The van der Waals surface area contributed by atoms with Crippen LogP contribution < -0.4 is 5.32 Å². The van der Waals surface area contributed by atoms with Crippen molar-refractivity contribution in [2.45, 2.75) is 24.4 Å². The molecule has 1 unspecified atom stereocenters. The monoisotopic (exact) mass is 277 g/mol. The summed E-state index contributed by atoms with van der Waals surface area (Å²) in [6, 6.07) is 5.28. The van der Waals surface area contributed by atoms with Crippen molar-refractivity contribution < 1.29 is 18.3 Å². The number of phenolic OH excluding ortho intramolecular Hbond substituents is 1. The third kappa shape index (κ3) is 3.55. The maximum Gasteiger partial charge on any atom is 0.441 e. The molecule has 0 aliphatic heterocycles. The minimum atomic E-state index is -4.15. The number of hydrogen-bond donors (Lipinski definition) is 2. The van der Waals surface area contributed by atoms with Crippen LogP contribution in [-0.4, -0.2) is 22.9 Å².